The van der Waals surface area contributed by atoms with Crippen LogP contribution in [0.4, 0.5) is 5.69 Å². The summed E-state index contributed by atoms with van der Waals surface area (Å²) in [7, 11) is -4.02. The molecule has 0 fully saturated rings. The number of nitrogens with zero attached hydrogens (tertiary/aromatic N) is 3. The Morgan fingerprint density at radius 1 is 1.43 bits per heavy atom. The third kappa shape index (κ3) is 4.36. The topological polar surface area (TPSA) is 140 Å². The molecular weight excluding hydrogens is 406 g/mol. The maximum Gasteiger partial charge on any atom is 0.345 e. The number of furan rings is 1. The number of rotatable bonds is 5. The van der Waals surface area contributed by atoms with E-state index in [1.165, 1.54) is 12.1 Å². The molecule has 3 N–H and O–H groups in total. The second kappa shape index (κ2) is 8.04. The molecule has 0 saturated carbocycles. The summed E-state index contributed by atoms with van der Waals surface area (Å²) in [5.41, 5.74) is 1.76. The number of aliphatic imine (C=N–C) groups is 1. The summed E-state index contributed by atoms with van der Waals surface area (Å²) in [6.45, 7) is 9.73. The number of nitriles is 1. The highest BCUT2D eigenvalue weighted by atomic mass is 32.2. The Kier molecular flexibility index (Phi) is 5.67. The number of amidine groups is 2. The molecule has 2 aromatic rings. The van der Waals surface area contributed by atoms with Gasteiger partial charge in [-0.3, -0.25) is 0 Å². The monoisotopic (exact) mass is 427 g/mol. The Hall–Kier alpha value is -3.58. The summed E-state index contributed by atoms with van der Waals surface area (Å²) in [4.78, 5) is 4.46. The maximum absolute atomic E-state index is 12.1. The molecule has 1 aliphatic rings. The van der Waals surface area contributed by atoms with E-state index in [9.17, 15) is 13.5 Å². The van der Waals surface area contributed by atoms with Gasteiger partial charge in [-0.05, 0) is 42.2 Å². The summed E-state index contributed by atoms with van der Waals surface area (Å²) in [5.74, 6) is 0.253. The molecule has 3 rings (SSSR count). The average Bonchev–Trinajstić information content (AvgIpc) is 3.25. The van der Waals surface area contributed by atoms with E-state index >= 15 is 0 Å². The fourth-order valence-electron chi connectivity index (χ4n) is 2.75. The Morgan fingerprint density at radius 2 is 2.17 bits per heavy atom. The minimum Gasteiger partial charge on any atom is -0.504 e. The van der Waals surface area contributed by atoms with Gasteiger partial charge in [-0.1, -0.05) is 26.5 Å². The number of anilines is 1. The first-order chi connectivity index (χ1) is 14.1. The van der Waals surface area contributed by atoms with E-state index in [2.05, 4.69) is 26.0 Å². The van der Waals surface area contributed by atoms with E-state index < -0.39 is 16.3 Å². The zero-order chi connectivity index (χ0) is 22.1. The molecule has 1 aromatic carbocycles. The van der Waals surface area contributed by atoms with Crippen molar-refractivity contribution in [3.8, 4) is 11.8 Å². The largest absolute Gasteiger partial charge is 0.504 e. The molecule has 1 atom stereocenters. The van der Waals surface area contributed by atoms with Crippen molar-refractivity contribution in [3.63, 3.8) is 0 Å². The molecule has 0 saturated heterocycles. The molecule has 0 bridgehead atoms. The van der Waals surface area contributed by atoms with Crippen molar-refractivity contribution in [2.24, 2.45) is 9.39 Å². The van der Waals surface area contributed by atoms with Crippen molar-refractivity contribution in [3.05, 3.63) is 59.6 Å². The number of benzene rings is 1. The van der Waals surface area contributed by atoms with Crippen LogP contribution in [0.15, 0.2) is 56.5 Å². The third-order valence-electron chi connectivity index (χ3n) is 4.37. The van der Waals surface area contributed by atoms with Crippen LogP contribution in [0.5, 0.6) is 5.75 Å². The van der Waals surface area contributed by atoms with Crippen LogP contribution < -0.4 is 10.0 Å². The summed E-state index contributed by atoms with van der Waals surface area (Å²) in [6, 6.07) is 7.51. The second-order valence-corrected chi connectivity index (χ2v) is 8.46. The van der Waals surface area contributed by atoms with E-state index in [1.54, 1.807) is 19.3 Å². The molecule has 9 nitrogen and oxygen atoms in total. The first-order valence-corrected chi connectivity index (χ1v) is 10.5. The van der Waals surface area contributed by atoms with Crippen LogP contribution >= 0.6 is 0 Å². The lowest BCUT2D eigenvalue weighted by Crippen LogP contribution is -2.31. The van der Waals surface area contributed by atoms with Gasteiger partial charge in [0.15, 0.2) is 17.4 Å². The van der Waals surface area contributed by atoms with Gasteiger partial charge in [-0.2, -0.15) is 13.7 Å². The van der Waals surface area contributed by atoms with Crippen molar-refractivity contribution >= 4 is 27.6 Å². The molecule has 156 valence electrons. The van der Waals surface area contributed by atoms with Gasteiger partial charge >= 0.3 is 10.2 Å². The lowest BCUT2D eigenvalue weighted by molar-refractivity contribution is 0.476. The minimum absolute atomic E-state index is 0.0320. The van der Waals surface area contributed by atoms with Crippen molar-refractivity contribution in [2.75, 3.05) is 5.32 Å². The normalized spacial score (nSPS) is 17.3. The number of phenolic OH excluding ortho intramolecular Hbond substituents is 1. The molecule has 2 heterocycles. The first kappa shape index (κ1) is 21.1. The molecule has 0 aliphatic carbocycles. The van der Waals surface area contributed by atoms with Crippen LogP contribution in [-0.2, 0) is 10.2 Å². The molecule has 1 aromatic heterocycles. The van der Waals surface area contributed by atoms with E-state index in [0.717, 1.165) is 5.56 Å². The number of phenols is 1. The van der Waals surface area contributed by atoms with Crippen LogP contribution in [-0.4, -0.2) is 25.2 Å². The molecule has 0 radical (unpaired) electrons. The number of nitrogens with one attached hydrogen (secondary N) is 2. The summed E-state index contributed by atoms with van der Waals surface area (Å²) in [6.07, 6.45) is 1.63. The standard InChI is InChI=1S/C20H21N5O4S/c1-11(2)14-8-16(29-10-14)17(12(3)4)23-20-19(24-30(27,28)25-20)22-15-7-5-6-13(9-21)18(15)26/h5-8,10-11,17,26H,3H2,1-2,4H3,(H,22,24)(H,23,25)/t17-/m1/s1. The summed E-state index contributed by atoms with van der Waals surface area (Å²) >= 11 is 0. The maximum atomic E-state index is 12.1. The fourth-order valence-corrected chi connectivity index (χ4v) is 3.56. The predicted octanol–water partition coefficient (Wildman–Crippen LogP) is 3.35. The SMILES string of the molecule is C=C(C)[C@@H](N=C1NS(=O)(=O)N=C1Nc1cccc(C#N)c1O)c1cc(C(C)C)co1. The fraction of sp³-hybridized carbons (Fsp3) is 0.250. The Labute approximate surface area is 174 Å². The van der Waals surface area contributed by atoms with Crippen LogP contribution in [0.3, 0.4) is 0 Å². The van der Waals surface area contributed by atoms with Gasteiger partial charge < -0.3 is 14.8 Å². The van der Waals surface area contributed by atoms with Crippen LogP contribution in [0.25, 0.3) is 0 Å². The van der Waals surface area contributed by atoms with Crippen molar-refractivity contribution < 1.29 is 17.9 Å². The second-order valence-electron chi connectivity index (χ2n) is 7.12. The summed E-state index contributed by atoms with van der Waals surface area (Å²) < 4.78 is 35.6. The van der Waals surface area contributed by atoms with E-state index in [0.29, 0.717) is 11.3 Å². The Morgan fingerprint density at radius 3 is 2.77 bits per heavy atom. The van der Waals surface area contributed by atoms with Crippen LogP contribution in [0.2, 0.25) is 0 Å². The molecule has 30 heavy (non-hydrogen) atoms. The zero-order valence-corrected chi connectivity index (χ0v) is 17.5. The number of aromatic hydroxyl groups is 1. The van der Waals surface area contributed by atoms with Gasteiger partial charge in [-0.25, -0.2) is 9.71 Å². The van der Waals surface area contributed by atoms with Crippen molar-refractivity contribution in [1.29, 1.82) is 5.26 Å². The quantitative estimate of drug-likeness (QED) is 0.494. The molecule has 0 spiro atoms. The average molecular weight is 427 g/mol. The highest BCUT2D eigenvalue weighted by Gasteiger charge is 2.29. The van der Waals surface area contributed by atoms with Gasteiger partial charge in [0.2, 0.25) is 0 Å². The van der Waals surface area contributed by atoms with Crippen molar-refractivity contribution in [1.82, 2.24) is 4.72 Å². The highest BCUT2D eigenvalue weighted by molar-refractivity contribution is 7.89. The number of hydrogen-bond donors (Lipinski definition) is 3. The van der Waals surface area contributed by atoms with E-state index in [-0.39, 0.29) is 34.6 Å². The molecule has 1 aliphatic heterocycles. The zero-order valence-electron chi connectivity index (χ0n) is 16.7. The lowest BCUT2D eigenvalue weighted by atomic mass is 10.0. The van der Waals surface area contributed by atoms with Gasteiger partial charge in [-0.15, -0.1) is 4.40 Å². The van der Waals surface area contributed by atoms with E-state index in [1.807, 2.05) is 26.0 Å². The van der Waals surface area contributed by atoms with Crippen molar-refractivity contribution in [2.45, 2.75) is 32.7 Å². The molecule has 10 heteroatoms. The number of hydrogen-bond acceptors (Lipinski definition) is 7. The summed E-state index contributed by atoms with van der Waals surface area (Å²) in [5, 5.41) is 22.0. The van der Waals surface area contributed by atoms with Gasteiger partial charge in [0.05, 0.1) is 17.5 Å². The molecule has 0 amide bonds. The first-order valence-electron chi connectivity index (χ1n) is 9.05. The smallest absolute Gasteiger partial charge is 0.345 e. The molecule has 0 unspecified atom stereocenters. The Balaban J connectivity index is 2.00. The Bertz CT molecular complexity index is 1200. The minimum atomic E-state index is -4.02. The number of para-hydroxylation sites is 1. The van der Waals surface area contributed by atoms with Gasteiger partial charge in [0.1, 0.15) is 17.9 Å². The van der Waals surface area contributed by atoms with Gasteiger partial charge in [0, 0.05) is 0 Å². The predicted molar refractivity (Wildman–Crippen MR) is 114 cm³/mol. The lowest BCUT2D eigenvalue weighted by Gasteiger charge is -2.13. The van der Waals surface area contributed by atoms with Crippen LogP contribution in [0, 0.1) is 11.3 Å². The third-order valence-corrected chi connectivity index (χ3v) is 5.25. The highest BCUT2D eigenvalue weighted by Crippen LogP contribution is 2.30. The molecular formula is C20H21N5O4S. The van der Waals surface area contributed by atoms with Gasteiger partial charge in [0.25, 0.3) is 0 Å². The van der Waals surface area contributed by atoms with Crippen LogP contribution in [0.1, 0.15) is 49.6 Å². The van der Waals surface area contributed by atoms with E-state index in [4.69, 9.17) is 9.68 Å².